The summed E-state index contributed by atoms with van der Waals surface area (Å²) in [6.07, 6.45) is 9.94. The lowest BCUT2D eigenvalue weighted by Crippen LogP contribution is -2.53. The van der Waals surface area contributed by atoms with Gasteiger partial charge < -0.3 is 4.90 Å². The Kier molecular flexibility index (Phi) is 6.16. The summed E-state index contributed by atoms with van der Waals surface area (Å²) in [5.74, 6) is 0. The van der Waals surface area contributed by atoms with Crippen molar-refractivity contribution >= 4 is 15.9 Å². The quantitative estimate of drug-likeness (QED) is 0.572. The predicted molar refractivity (Wildman–Crippen MR) is 87.1 cm³/mol. The van der Waals surface area contributed by atoms with E-state index in [9.17, 15) is 0 Å². The molecule has 3 heteroatoms. The Bertz CT molecular complexity index is 261. The van der Waals surface area contributed by atoms with Gasteiger partial charge in [-0.3, -0.25) is 4.90 Å². The average molecular weight is 331 g/mol. The van der Waals surface area contributed by atoms with E-state index in [1.165, 1.54) is 76.5 Å². The third-order valence-electron chi connectivity index (χ3n) is 5.34. The zero-order chi connectivity index (χ0) is 13.7. The van der Waals surface area contributed by atoms with Gasteiger partial charge in [-0.25, -0.2) is 0 Å². The van der Waals surface area contributed by atoms with Crippen molar-refractivity contribution in [3.05, 3.63) is 0 Å². The summed E-state index contributed by atoms with van der Waals surface area (Å²) >= 11 is 3.84. The van der Waals surface area contributed by atoms with Gasteiger partial charge in [0.1, 0.15) is 0 Å². The number of rotatable bonds is 4. The molecule has 2 nitrogen and oxygen atoms in total. The Morgan fingerprint density at radius 2 is 1.79 bits per heavy atom. The van der Waals surface area contributed by atoms with Crippen LogP contribution >= 0.6 is 15.9 Å². The van der Waals surface area contributed by atoms with E-state index in [4.69, 9.17) is 0 Å². The van der Waals surface area contributed by atoms with Gasteiger partial charge in [0.15, 0.2) is 0 Å². The van der Waals surface area contributed by atoms with Crippen LogP contribution in [0.3, 0.4) is 0 Å². The largest absolute Gasteiger partial charge is 0.301 e. The Labute approximate surface area is 128 Å². The van der Waals surface area contributed by atoms with Gasteiger partial charge in [-0.2, -0.15) is 0 Å². The van der Waals surface area contributed by atoms with Crippen LogP contribution in [0, 0.1) is 5.41 Å². The maximum Gasteiger partial charge on any atom is 0.0218 e. The van der Waals surface area contributed by atoms with Crippen LogP contribution in [0.25, 0.3) is 0 Å². The number of likely N-dealkylation sites (N-methyl/N-ethyl adjacent to an activating group) is 1. The van der Waals surface area contributed by atoms with E-state index in [0.717, 1.165) is 6.04 Å². The van der Waals surface area contributed by atoms with Crippen molar-refractivity contribution in [1.29, 1.82) is 0 Å². The fourth-order valence-electron chi connectivity index (χ4n) is 3.88. The molecule has 0 radical (unpaired) electrons. The fourth-order valence-corrected chi connectivity index (χ4v) is 4.62. The lowest BCUT2D eigenvalue weighted by atomic mass is 9.81. The molecule has 0 N–H and O–H groups in total. The lowest BCUT2D eigenvalue weighted by molar-refractivity contribution is 0.0581. The zero-order valence-electron chi connectivity index (χ0n) is 12.8. The normalized spacial score (nSPS) is 30.2. The molecule has 0 aromatic carbocycles. The predicted octanol–water partition coefficient (Wildman–Crippen LogP) is 3.75. The summed E-state index contributed by atoms with van der Waals surface area (Å²) in [6, 6.07) is 0.770. The van der Waals surface area contributed by atoms with Crippen LogP contribution in [0.5, 0.6) is 0 Å². The minimum Gasteiger partial charge on any atom is -0.301 e. The summed E-state index contributed by atoms with van der Waals surface area (Å²) in [4.78, 5) is 5.30. The van der Waals surface area contributed by atoms with Crippen LogP contribution in [-0.4, -0.2) is 54.4 Å². The Balaban J connectivity index is 1.93. The highest BCUT2D eigenvalue weighted by Crippen LogP contribution is 2.37. The molecule has 0 aromatic rings. The molecule has 0 bridgehead atoms. The molecular formula is C16H31BrN2. The molecule has 1 saturated heterocycles. The average Bonchev–Trinajstić information content (AvgIpc) is 2.67. The number of nitrogens with zero attached hydrogens (tertiary/aromatic N) is 2. The highest BCUT2D eigenvalue weighted by Gasteiger charge is 2.34. The van der Waals surface area contributed by atoms with E-state index in [-0.39, 0.29) is 0 Å². The molecule has 1 heterocycles. The number of piperazine rings is 1. The summed E-state index contributed by atoms with van der Waals surface area (Å²) in [5, 5.41) is 1.20. The van der Waals surface area contributed by atoms with Crippen molar-refractivity contribution in [2.24, 2.45) is 5.41 Å². The zero-order valence-corrected chi connectivity index (χ0v) is 14.4. The second-order valence-electron chi connectivity index (χ2n) is 6.83. The Hall–Kier alpha value is 0.400. The van der Waals surface area contributed by atoms with Crippen LogP contribution < -0.4 is 0 Å². The van der Waals surface area contributed by atoms with E-state index in [1.54, 1.807) is 0 Å². The molecule has 0 spiro atoms. The minimum atomic E-state index is 0.560. The number of halogens is 1. The molecule has 19 heavy (non-hydrogen) atoms. The first-order chi connectivity index (χ1) is 9.19. The summed E-state index contributed by atoms with van der Waals surface area (Å²) in [6.45, 7) is 7.44. The summed E-state index contributed by atoms with van der Waals surface area (Å²) in [5.41, 5.74) is 0.560. The maximum absolute atomic E-state index is 3.84. The first kappa shape index (κ1) is 15.8. The third-order valence-corrected chi connectivity index (χ3v) is 6.53. The SMILES string of the molecule is CCC1CN(CC2(CBr)CCCCCC2)CCN1C. The van der Waals surface area contributed by atoms with Gasteiger partial charge in [-0.05, 0) is 31.7 Å². The van der Waals surface area contributed by atoms with Crippen LogP contribution in [0.1, 0.15) is 51.9 Å². The van der Waals surface area contributed by atoms with E-state index >= 15 is 0 Å². The summed E-state index contributed by atoms with van der Waals surface area (Å²) < 4.78 is 0. The number of alkyl halides is 1. The molecule has 2 fully saturated rings. The second-order valence-corrected chi connectivity index (χ2v) is 7.39. The van der Waals surface area contributed by atoms with Crippen molar-refractivity contribution in [1.82, 2.24) is 9.80 Å². The lowest BCUT2D eigenvalue weighted by Gasteiger charge is -2.44. The van der Waals surface area contributed by atoms with E-state index < -0.39 is 0 Å². The first-order valence-electron chi connectivity index (χ1n) is 8.18. The van der Waals surface area contributed by atoms with Gasteiger partial charge in [-0.15, -0.1) is 0 Å². The fraction of sp³-hybridized carbons (Fsp3) is 1.00. The van der Waals surface area contributed by atoms with Crippen LogP contribution in [-0.2, 0) is 0 Å². The molecule has 2 aliphatic rings. The third kappa shape index (κ3) is 4.18. The first-order valence-corrected chi connectivity index (χ1v) is 9.30. The topological polar surface area (TPSA) is 6.48 Å². The van der Waals surface area contributed by atoms with Crippen molar-refractivity contribution in [3.63, 3.8) is 0 Å². The van der Waals surface area contributed by atoms with Gasteiger partial charge in [0.2, 0.25) is 0 Å². The van der Waals surface area contributed by atoms with Gasteiger partial charge in [-0.1, -0.05) is 48.5 Å². The Morgan fingerprint density at radius 3 is 2.37 bits per heavy atom. The van der Waals surface area contributed by atoms with Gasteiger partial charge >= 0.3 is 0 Å². The number of hydrogen-bond donors (Lipinski definition) is 0. The molecule has 1 saturated carbocycles. The standard InChI is InChI=1S/C16H31BrN2/c1-3-15-12-19(11-10-18(15)2)14-16(13-17)8-6-4-5-7-9-16/h15H,3-14H2,1-2H3. The smallest absolute Gasteiger partial charge is 0.0218 e. The van der Waals surface area contributed by atoms with E-state index in [0.29, 0.717) is 5.41 Å². The van der Waals surface area contributed by atoms with Crippen molar-refractivity contribution in [2.75, 3.05) is 38.6 Å². The molecule has 1 aliphatic heterocycles. The van der Waals surface area contributed by atoms with Crippen LogP contribution in [0.2, 0.25) is 0 Å². The molecule has 2 rings (SSSR count). The minimum absolute atomic E-state index is 0.560. The van der Waals surface area contributed by atoms with Crippen LogP contribution in [0.15, 0.2) is 0 Å². The molecular weight excluding hydrogens is 300 g/mol. The monoisotopic (exact) mass is 330 g/mol. The van der Waals surface area contributed by atoms with Crippen molar-refractivity contribution in [2.45, 2.75) is 57.9 Å². The van der Waals surface area contributed by atoms with Gasteiger partial charge in [0.25, 0.3) is 0 Å². The van der Waals surface area contributed by atoms with Crippen molar-refractivity contribution < 1.29 is 0 Å². The molecule has 0 amide bonds. The van der Waals surface area contributed by atoms with E-state index in [1.807, 2.05) is 0 Å². The van der Waals surface area contributed by atoms with Gasteiger partial charge in [0, 0.05) is 37.6 Å². The molecule has 0 aromatic heterocycles. The maximum atomic E-state index is 3.84. The summed E-state index contributed by atoms with van der Waals surface area (Å²) in [7, 11) is 2.29. The van der Waals surface area contributed by atoms with Gasteiger partial charge in [0.05, 0.1) is 0 Å². The molecule has 1 atom stereocenters. The Morgan fingerprint density at radius 1 is 1.11 bits per heavy atom. The second kappa shape index (κ2) is 7.42. The number of hydrogen-bond acceptors (Lipinski definition) is 2. The molecule has 1 aliphatic carbocycles. The molecule has 112 valence electrons. The van der Waals surface area contributed by atoms with Crippen molar-refractivity contribution in [3.8, 4) is 0 Å². The highest BCUT2D eigenvalue weighted by atomic mass is 79.9. The van der Waals surface area contributed by atoms with E-state index in [2.05, 4.69) is 39.7 Å². The van der Waals surface area contributed by atoms with Crippen LogP contribution in [0.4, 0.5) is 0 Å². The molecule has 1 unspecified atom stereocenters. The highest BCUT2D eigenvalue weighted by molar-refractivity contribution is 9.09.